The van der Waals surface area contributed by atoms with Gasteiger partial charge in [0.25, 0.3) is 0 Å². The van der Waals surface area contributed by atoms with Crippen molar-refractivity contribution < 1.29 is 4.21 Å². The van der Waals surface area contributed by atoms with Gasteiger partial charge in [0.15, 0.2) is 0 Å². The Labute approximate surface area is 118 Å². The number of aryl methyl sites for hydroxylation is 2. The first kappa shape index (κ1) is 16.0. The molecule has 19 heavy (non-hydrogen) atoms. The SMILES string of the molecule is CCc1nnc(NCCS(=O)C(C)(C)C)nc1CC. The fourth-order valence-electron chi connectivity index (χ4n) is 1.57. The van der Waals surface area contributed by atoms with Crippen LogP contribution in [0.3, 0.4) is 0 Å². The maximum Gasteiger partial charge on any atom is 0.243 e. The van der Waals surface area contributed by atoms with E-state index in [0.717, 1.165) is 24.2 Å². The highest BCUT2D eigenvalue weighted by atomic mass is 32.2. The van der Waals surface area contributed by atoms with E-state index in [1.807, 2.05) is 27.7 Å². The molecule has 1 unspecified atom stereocenters. The van der Waals surface area contributed by atoms with Crippen molar-refractivity contribution in [2.45, 2.75) is 52.2 Å². The number of hydrogen-bond acceptors (Lipinski definition) is 5. The van der Waals surface area contributed by atoms with Crippen molar-refractivity contribution in [3.05, 3.63) is 11.4 Å². The third-order valence-electron chi connectivity index (χ3n) is 2.76. The van der Waals surface area contributed by atoms with Crippen LogP contribution in [0.4, 0.5) is 5.95 Å². The van der Waals surface area contributed by atoms with Gasteiger partial charge in [-0.15, -0.1) is 5.10 Å². The van der Waals surface area contributed by atoms with Crippen LogP contribution in [0, 0.1) is 0 Å². The van der Waals surface area contributed by atoms with E-state index >= 15 is 0 Å². The smallest absolute Gasteiger partial charge is 0.243 e. The van der Waals surface area contributed by atoms with E-state index in [1.54, 1.807) is 0 Å². The molecule has 6 heteroatoms. The molecule has 0 saturated heterocycles. The summed E-state index contributed by atoms with van der Waals surface area (Å²) in [4.78, 5) is 4.44. The summed E-state index contributed by atoms with van der Waals surface area (Å²) in [6.07, 6.45) is 1.69. The molecule has 0 aliphatic heterocycles. The molecular formula is C13H24N4OS. The fraction of sp³-hybridized carbons (Fsp3) is 0.769. The van der Waals surface area contributed by atoms with Gasteiger partial charge in [-0.25, -0.2) is 4.98 Å². The van der Waals surface area contributed by atoms with Crippen LogP contribution in [0.5, 0.6) is 0 Å². The molecule has 1 rings (SSSR count). The van der Waals surface area contributed by atoms with Gasteiger partial charge in [-0.3, -0.25) is 4.21 Å². The van der Waals surface area contributed by atoms with E-state index < -0.39 is 10.8 Å². The first-order valence-electron chi connectivity index (χ1n) is 6.73. The molecule has 1 N–H and O–H groups in total. The highest BCUT2D eigenvalue weighted by Crippen LogP contribution is 2.11. The minimum Gasteiger partial charge on any atom is -0.352 e. The van der Waals surface area contributed by atoms with Crippen molar-refractivity contribution in [1.82, 2.24) is 15.2 Å². The summed E-state index contributed by atoms with van der Waals surface area (Å²) in [6, 6.07) is 0. The maximum absolute atomic E-state index is 11.9. The average Bonchev–Trinajstić information content (AvgIpc) is 2.37. The van der Waals surface area contributed by atoms with Gasteiger partial charge < -0.3 is 5.32 Å². The molecule has 0 spiro atoms. The van der Waals surface area contributed by atoms with Crippen LogP contribution in [0.15, 0.2) is 0 Å². The van der Waals surface area contributed by atoms with Crippen LogP contribution in [0.1, 0.15) is 46.0 Å². The van der Waals surface area contributed by atoms with Gasteiger partial charge in [0.05, 0.1) is 11.4 Å². The molecule has 5 nitrogen and oxygen atoms in total. The molecule has 0 fully saturated rings. The second-order valence-corrected chi connectivity index (χ2v) is 7.65. The molecule has 0 aliphatic carbocycles. The van der Waals surface area contributed by atoms with Crippen molar-refractivity contribution in [2.75, 3.05) is 17.6 Å². The number of anilines is 1. The molecule has 0 saturated carbocycles. The fourth-order valence-corrected chi connectivity index (χ4v) is 2.47. The van der Waals surface area contributed by atoms with Gasteiger partial charge in [-0.1, -0.05) is 13.8 Å². The minimum atomic E-state index is -0.863. The molecule has 108 valence electrons. The largest absolute Gasteiger partial charge is 0.352 e. The van der Waals surface area contributed by atoms with Crippen LogP contribution < -0.4 is 5.32 Å². The molecule has 1 aromatic rings. The Morgan fingerprint density at radius 1 is 1.11 bits per heavy atom. The van der Waals surface area contributed by atoms with Crippen LogP contribution in [0.25, 0.3) is 0 Å². The zero-order chi connectivity index (χ0) is 14.5. The molecule has 1 atom stereocenters. The number of nitrogens with one attached hydrogen (secondary N) is 1. The van der Waals surface area contributed by atoms with Crippen molar-refractivity contribution in [1.29, 1.82) is 0 Å². The summed E-state index contributed by atoms with van der Waals surface area (Å²) in [5.74, 6) is 1.11. The lowest BCUT2D eigenvalue weighted by atomic mass is 10.2. The summed E-state index contributed by atoms with van der Waals surface area (Å²) in [5.41, 5.74) is 1.93. The second-order valence-electron chi connectivity index (χ2n) is 5.32. The molecule has 0 radical (unpaired) electrons. The summed E-state index contributed by atoms with van der Waals surface area (Å²) >= 11 is 0. The normalized spacial score (nSPS) is 13.3. The number of aromatic nitrogens is 3. The predicted octanol–water partition coefficient (Wildman–Crippen LogP) is 1.96. The Balaban J connectivity index is 2.57. The molecule has 0 bridgehead atoms. The number of nitrogens with zero attached hydrogens (tertiary/aromatic N) is 3. The van der Waals surface area contributed by atoms with Gasteiger partial charge in [0.1, 0.15) is 0 Å². The summed E-state index contributed by atoms with van der Waals surface area (Å²) in [7, 11) is -0.863. The second kappa shape index (κ2) is 6.93. The first-order chi connectivity index (χ1) is 8.88. The van der Waals surface area contributed by atoms with Crippen LogP contribution in [-0.4, -0.2) is 36.4 Å². The predicted molar refractivity (Wildman–Crippen MR) is 79.8 cm³/mol. The van der Waals surface area contributed by atoms with Gasteiger partial charge in [-0.2, -0.15) is 5.10 Å². The van der Waals surface area contributed by atoms with E-state index in [0.29, 0.717) is 18.2 Å². The van der Waals surface area contributed by atoms with Crippen molar-refractivity contribution >= 4 is 16.7 Å². The Morgan fingerprint density at radius 3 is 2.26 bits per heavy atom. The Kier molecular flexibility index (Phi) is 5.85. The third kappa shape index (κ3) is 4.86. The van der Waals surface area contributed by atoms with Crippen LogP contribution >= 0.6 is 0 Å². The minimum absolute atomic E-state index is 0.179. The van der Waals surface area contributed by atoms with Crippen LogP contribution in [0.2, 0.25) is 0 Å². The van der Waals surface area contributed by atoms with E-state index in [1.165, 1.54) is 0 Å². The third-order valence-corrected chi connectivity index (χ3v) is 4.70. The van der Waals surface area contributed by atoms with Crippen molar-refractivity contribution in [3.8, 4) is 0 Å². The Morgan fingerprint density at radius 2 is 1.74 bits per heavy atom. The van der Waals surface area contributed by atoms with Crippen LogP contribution in [-0.2, 0) is 23.6 Å². The maximum atomic E-state index is 11.9. The number of rotatable bonds is 6. The standard InChI is InChI=1S/C13H24N4OS/c1-6-10-11(7-2)16-17-12(15-10)14-8-9-19(18)13(3,4)5/h6-9H2,1-5H3,(H,14,15,17). The van der Waals surface area contributed by atoms with E-state index in [2.05, 4.69) is 27.4 Å². The highest BCUT2D eigenvalue weighted by molar-refractivity contribution is 7.86. The lowest BCUT2D eigenvalue weighted by Gasteiger charge is -2.17. The highest BCUT2D eigenvalue weighted by Gasteiger charge is 2.18. The van der Waals surface area contributed by atoms with E-state index in [9.17, 15) is 4.21 Å². The van der Waals surface area contributed by atoms with E-state index in [4.69, 9.17) is 0 Å². The van der Waals surface area contributed by atoms with Gasteiger partial charge in [-0.05, 0) is 33.6 Å². The van der Waals surface area contributed by atoms with Gasteiger partial charge >= 0.3 is 0 Å². The molecular weight excluding hydrogens is 260 g/mol. The average molecular weight is 284 g/mol. The van der Waals surface area contributed by atoms with Gasteiger partial charge in [0, 0.05) is 27.8 Å². The summed E-state index contributed by atoms with van der Waals surface area (Å²) in [5, 5.41) is 11.3. The van der Waals surface area contributed by atoms with E-state index in [-0.39, 0.29) is 4.75 Å². The topological polar surface area (TPSA) is 67.8 Å². The zero-order valence-corrected chi connectivity index (χ0v) is 13.3. The Hall–Kier alpha value is -1.04. The molecule has 1 aromatic heterocycles. The van der Waals surface area contributed by atoms with Crippen molar-refractivity contribution in [2.24, 2.45) is 0 Å². The first-order valence-corrected chi connectivity index (χ1v) is 8.05. The monoisotopic (exact) mass is 284 g/mol. The molecule has 0 amide bonds. The zero-order valence-electron chi connectivity index (χ0n) is 12.5. The lowest BCUT2D eigenvalue weighted by Crippen LogP contribution is -2.27. The van der Waals surface area contributed by atoms with Crippen molar-refractivity contribution in [3.63, 3.8) is 0 Å². The molecule has 0 aliphatic rings. The summed E-state index contributed by atoms with van der Waals surface area (Å²) < 4.78 is 11.7. The van der Waals surface area contributed by atoms with Gasteiger partial charge in [0.2, 0.25) is 5.95 Å². The lowest BCUT2D eigenvalue weighted by molar-refractivity contribution is 0.649. The summed E-state index contributed by atoms with van der Waals surface area (Å²) in [6.45, 7) is 10.6. The molecule has 1 heterocycles. The number of hydrogen-bond donors (Lipinski definition) is 1. The quantitative estimate of drug-likeness (QED) is 0.865. The Bertz CT molecular complexity index is 443. The molecule has 0 aromatic carbocycles.